The van der Waals surface area contributed by atoms with Crippen molar-refractivity contribution in [2.24, 2.45) is 0 Å². The molecule has 1 aromatic carbocycles. The van der Waals surface area contributed by atoms with E-state index in [0.717, 1.165) is 26.3 Å². The van der Waals surface area contributed by atoms with Gasteiger partial charge in [0.25, 0.3) is 0 Å². The molecule has 19 heavy (non-hydrogen) atoms. The van der Waals surface area contributed by atoms with Gasteiger partial charge in [0.1, 0.15) is 0 Å². The second kappa shape index (κ2) is 5.90. The molecule has 104 valence electrons. The van der Waals surface area contributed by atoms with Crippen molar-refractivity contribution in [3.8, 4) is 0 Å². The summed E-state index contributed by atoms with van der Waals surface area (Å²) in [6.45, 7) is 8.45. The summed E-state index contributed by atoms with van der Waals surface area (Å²) in [5.74, 6) is 0. The van der Waals surface area contributed by atoms with Crippen LogP contribution in [0.3, 0.4) is 0 Å². The first-order valence-electron chi connectivity index (χ1n) is 7.15. The van der Waals surface area contributed by atoms with Gasteiger partial charge < -0.3 is 15.0 Å². The van der Waals surface area contributed by atoms with Crippen LogP contribution in [0, 0.1) is 0 Å². The van der Waals surface area contributed by atoms with E-state index in [1.165, 1.54) is 43.0 Å². The highest BCUT2D eigenvalue weighted by Crippen LogP contribution is 2.22. The zero-order valence-electron chi connectivity index (χ0n) is 11.7. The van der Waals surface area contributed by atoms with Crippen molar-refractivity contribution in [2.45, 2.75) is 13.2 Å². The van der Waals surface area contributed by atoms with Crippen LogP contribution in [0.15, 0.2) is 18.2 Å². The predicted molar refractivity (Wildman–Crippen MR) is 77.4 cm³/mol. The number of fused-ring (bicyclic) bond motifs is 1. The zero-order chi connectivity index (χ0) is 13.1. The lowest BCUT2D eigenvalue weighted by atomic mass is 10.1. The Bertz CT molecular complexity index is 427. The highest BCUT2D eigenvalue weighted by atomic mass is 16.5. The molecule has 0 aromatic heterocycles. The lowest BCUT2D eigenvalue weighted by Gasteiger charge is -2.32. The van der Waals surface area contributed by atoms with Gasteiger partial charge in [-0.25, -0.2) is 0 Å². The maximum absolute atomic E-state index is 5.44. The minimum Gasteiger partial charge on any atom is -0.384 e. The first kappa shape index (κ1) is 12.9. The van der Waals surface area contributed by atoms with Crippen LogP contribution in [-0.4, -0.2) is 56.1 Å². The van der Waals surface area contributed by atoms with Crippen LogP contribution in [0.25, 0.3) is 0 Å². The van der Waals surface area contributed by atoms with E-state index in [-0.39, 0.29) is 0 Å². The van der Waals surface area contributed by atoms with Gasteiger partial charge in [0, 0.05) is 45.0 Å². The summed E-state index contributed by atoms with van der Waals surface area (Å²) in [5.41, 5.74) is 3.90. The second-order valence-electron chi connectivity index (χ2n) is 5.55. The molecule has 0 unspecified atom stereocenters. The minimum absolute atomic E-state index is 0.767. The molecule has 1 aromatic rings. The summed E-state index contributed by atoms with van der Waals surface area (Å²) < 4.78 is 5.44. The van der Waals surface area contributed by atoms with Gasteiger partial charge in [-0.1, -0.05) is 6.07 Å². The van der Waals surface area contributed by atoms with Gasteiger partial charge in [0.15, 0.2) is 0 Å². The molecule has 1 fully saturated rings. The fourth-order valence-corrected chi connectivity index (χ4v) is 2.71. The highest BCUT2D eigenvalue weighted by molar-refractivity contribution is 5.49. The van der Waals surface area contributed by atoms with Gasteiger partial charge >= 0.3 is 0 Å². The molecule has 0 saturated carbocycles. The molecule has 0 amide bonds. The number of hydrogen-bond donors (Lipinski definition) is 1. The number of benzene rings is 1. The Morgan fingerprint density at radius 3 is 2.74 bits per heavy atom. The second-order valence-corrected chi connectivity index (χ2v) is 5.55. The number of hydrogen-bond acceptors (Lipinski definition) is 4. The molecule has 0 radical (unpaired) electrons. The number of nitrogens with zero attached hydrogens (tertiary/aromatic N) is 2. The molecule has 4 nitrogen and oxygen atoms in total. The number of ether oxygens (including phenoxy) is 1. The SMILES string of the molecule is CN1CCN(CCNc2ccc3c(c2)COC3)CC1. The van der Waals surface area contributed by atoms with E-state index in [9.17, 15) is 0 Å². The standard InChI is InChI=1S/C15H23N3O/c1-17-6-8-18(9-7-17)5-4-16-15-3-2-13-11-19-12-14(13)10-15/h2-3,10,16H,4-9,11-12H2,1H3. The average molecular weight is 261 g/mol. The largest absolute Gasteiger partial charge is 0.384 e. The van der Waals surface area contributed by atoms with Crippen LogP contribution >= 0.6 is 0 Å². The summed E-state index contributed by atoms with van der Waals surface area (Å²) >= 11 is 0. The lowest BCUT2D eigenvalue weighted by Crippen LogP contribution is -2.45. The summed E-state index contributed by atoms with van der Waals surface area (Å²) in [5, 5.41) is 3.52. The molecule has 1 saturated heterocycles. The van der Waals surface area contributed by atoms with Gasteiger partial charge in [0.05, 0.1) is 13.2 Å². The molecular formula is C15H23N3O. The normalized spacial score (nSPS) is 20.5. The summed E-state index contributed by atoms with van der Waals surface area (Å²) in [7, 11) is 2.20. The molecular weight excluding hydrogens is 238 g/mol. The molecule has 1 N–H and O–H groups in total. The maximum Gasteiger partial charge on any atom is 0.0725 e. The first-order valence-corrected chi connectivity index (χ1v) is 7.15. The Hall–Kier alpha value is -1.10. The fourth-order valence-electron chi connectivity index (χ4n) is 2.71. The van der Waals surface area contributed by atoms with Gasteiger partial charge in [-0.05, 0) is 30.3 Å². The number of likely N-dealkylation sites (N-methyl/N-ethyl adjacent to an activating group) is 1. The molecule has 0 bridgehead atoms. The highest BCUT2D eigenvalue weighted by Gasteiger charge is 2.13. The van der Waals surface area contributed by atoms with E-state index in [0.29, 0.717) is 0 Å². The molecule has 2 aliphatic rings. The summed E-state index contributed by atoms with van der Waals surface area (Å²) in [6, 6.07) is 6.57. The van der Waals surface area contributed by atoms with E-state index >= 15 is 0 Å². The van der Waals surface area contributed by atoms with Crippen molar-refractivity contribution in [1.82, 2.24) is 9.80 Å². The molecule has 2 aliphatic heterocycles. The zero-order valence-corrected chi connectivity index (χ0v) is 11.7. The monoisotopic (exact) mass is 261 g/mol. The smallest absolute Gasteiger partial charge is 0.0725 e. The lowest BCUT2D eigenvalue weighted by molar-refractivity contribution is 0.134. The first-order chi connectivity index (χ1) is 9.31. The third-order valence-corrected chi connectivity index (χ3v) is 4.07. The van der Waals surface area contributed by atoms with Crippen molar-refractivity contribution in [1.29, 1.82) is 0 Å². The van der Waals surface area contributed by atoms with Gasteiger partial charge in [0.2, 0.25) is 0 Å². The van der Waals surface area contributed by atoms with Crippen LogP contribution in [0.4, 0.5) is 5.69 Å². The number of rotatable bonds is 4. The Kier molecular flexibility index (Phi) is 4.01. The quantitative estimate of drug-likeness (QED) is 0.886. The van der Waals surface area contributed by atoms with Crippen LogP contribution in [0.1, 0.15) is 11.1 Å². The van der Waals surface area contributed by atoms with Gasteiger partial charge in [-0.15, -0.1) is 0 Å². The van der Waals surface area contributed by atoms with E-state index in [1.54, 1.807) is 0 Å². The van der Waals surface area contributed by atoms with Crippen molar-refractivity contribution >= 4 is 5.69 Å². The van der Waals surface area contributed by atoms with Crippen LogP contribution < -0.4 is 5.32 Å². The van der Waals surface area contributed by atoms with Crippen LogP contribution in [-0.2, 0) is 18.0 Å². The van der Waals surface area contributed by atoms with E-state index in [1.807, 2.05) is 0 Å². The maximum atomic E-state index is 5.44. The van der Waals surface area contributed by atoms with Gasteiger partial charge in [-0.2, -0.15) is 0 Å². The molecule has 0 spiro atoms. The van der Waals surface area contributed by atoms with Gasteiger partial charge in [-0.3, -0.25) is 4.90 Å². The van der Waals surface area contributed by atoms with Crippen molar-refractivity contribution in [3.05, 3.63) is 29.3 Å². The Morgan fingerprint density at radius 2 is 1.89 bits per heavy atom. The number of nitrogens with one attached hydrogen (secondary N) is 1. The molecule has 2 heterocycles. The van der Waals surface area contributed by atoms with E-state index < -0.39 is 0 Å². The predicted octanol–water partition coefficient (Wildman–Crippen LogP) is 1.38. The Morgan fingerprint density at radius 1 is 1.11 bits per heavy atom. The van der Waals surface area contributed by atoms with Crippen molar-refractivity contribution in [3.63, 3.8) is 0 Å². The number of piperazine rings is 1. The molecule has 0 atom stereocenters. The Labute approximate surface area is 115 Å². The number of anilines is 1. The van der Waals surface area contributed by atoms with Crippen LogP contribution in [0.2, 0.25) is 0 Å². The van der Waals surface area contributed by atoms with Crippen molar-refractivity contribution < 1.29 is 4.74 Å². The summed E-state index contributed by atoms with van der Waals surface area (Å²) in [6.07, 6.45) is 0. The molecule has 3 rings (SSSR count). The van der Waals surface area contributed by atoms with E-state index in [4.69, 9.17) is 4.74 Å². The van der Waals surface area contributed by atoms with Crippen LogP contribution in [0.5, 0.6) is 0 Å². The topological polar surface area (TPSA) is 27.7 Å². The molecule has 0 aliphatic carbocycles. The average Bonchev–Trinajstić information content (AvgIpc) is 2.88. The summed E-state index contributed by atoms with van der Waals surface area (Å²) in [4.78, 5) is 4.92. The third kappa shape index (κ3) is 3.26. The molecule has 4 heteroatoms. The van der Waals surface area contributed by atoms with Crippen molar-refractivity contribution in [2.75, 3.05) is 51.6 Å². The third-order valence-electron chi connectivity index (χ3n) is 4.07. The Balaban J connectivity index is 1.45. The fraction of sp³-hybridized carbons (Fsp3) is 0.600. The minimum atomic E-state index is 0.767. The van der Waals surface area contributed by atoms with E-state index in [2.05, 4.69) is 40.4 Å².